The lowest BCUT2D eigenvalue weighted by molar-refractivity contribution is -0.00583. The first kappa shape index (κ1) is 13.5. The highest BCUT2D eigenvalue weighted by atomic mass is 16.3. The monoisotopic (exact) mass is 248 g/mol. The molecule has 3 heteroatoms. The Bertz CT molecular complexity index is 345. The molecule has 1 saturated carbocycles. The van der Waals surface area contributed by atoms with Crippen molar-refractivity contribution in [3.63, 3.8) is 0 Å². The summed E-state index contributed by atoms with van der Waals surface area (Å²) in [4.78, 5) is 4.00. The first-order chi connectivity index (χ1) is 8.68. The fraction of sp³-hybridized carbons (Fsp3) is 0.667. The summed E-state index contributed by atoms with van der Waals surface area (Å²) in [6.07, 6.45) is 8.84. The summed E-state index contributed by atoms with van der Waals surface area (Å²) >= 11 is 0. The lowest BCUT2D eigenvalue weighted by Gasteiger charge is -2.35. The van der Waals surface area contributed by atoms with Crippen LogP contribution < -0.4 is 5.32 Å². The second kappa shape index (κ2) is 6.30. The minimum atomic E-state index is -0.468. The predicted octanol–water partition coefficient (Wildman–Crippen LogP) is 2.15. The molecule has 2 rings (SSSR count). The molecule has 1 aromatic heterocycles. The van der Waals surface area contributed by atoms with Crippen LogP contribution in [0, 0.1) is 5.92 Å². The van der Waals surface area contributed by atoms with E-state index >= 15 is 0 Å². The number of nitrogens with zero attached hydrogens (tertiary/aromatic N) is 1. The van der Waals surface area contributed by atoms with Crippen molar-refractivity contribution in [2.24, 2.45) is 5.92 Å². The van der Waals surface area contributed by atoms with E-state index in [1.807, 2.05) is 24.5 Å². The summed E-state index contributed by atoms with van der Waals surface area (Å²) in [5, 5.41) is 13.8. The molecule has 0 aliphatic heterocycles. The van der Waals surface area contributed by atoms with Gasteiger partial charge in [-0.15, -0.1) is 0 Å². The third-order valence-electron chi connectivity index (χ3n) is 4.00. The molecule has 0 bridgehead atoms. The van der Waals surface area contributed by atoms with Crippen molar-refractivity contribution in [3.05, 3.63) is 30.1 Å². The van der Waals surface area contributed by atoms with Crippen molar-refractivity contribution >= 4 is 0 Å². The van der Waals surface area contributed by atoms with Crippen LogP contribution in [0.25, 0.3) is 0 Å². The molecule has 0 atom stereocenters. The molecular formula is C15H24N2O. The minimum Gasteiger partial charge on any atom is -0.389 e. The highest BCUT2D eigenvalue weighted by molar-refractivity contribution is 5.09. The molecule has 18 heavy (non-hydrogen) atoms. The Morgan fingerprint density at radius 2 is 2.00 bits per heavy atom. The van der Waals surface area contributed by atoms with Crippen LogP contribution in [0.1, 0.15) is 38.2 Å². The molecule has 100 valence electrons. The zero-order valence-corrected chi connectivity index (χ0v) is 11.2. The standard InChI is InChI=1S/C15H24N2O/c1-13-2-7-15(18,8-3-13)12-17-11-6-14-4-9-16-10-5-14/h4-5,9-10,13,17-18H,2-3,6-8,11-12H2,1H3. The van der Waals surface area contributed by atoms with E-state index in [-0.39, 0.29) is 0 Å². The molecule has 0 saturated heterocycles. The molecule has 1 aromatic rings. The van der Waals surface area contributed by atoms with Crippen molar-refractivity contribution < 1.29 is 5.11 Å². The van der Waals surface area contributed by atoms with Crippen LogP contribution in [0.15, 0.2) is 24.5 Å². The molecule has 0 radical (unpaired) electrons. The lowest BCUT2D eigenvalue weighted by atomic mass is 9.79. The molecule has 1 heterocycles. The van der Waals surface area contributed by atoms with E-state index in [4.69, 9.17) is 0 Å². The molecule has 0 amide bonds. The highest BCUT2D eigenvalue weighted by Gasteiger charge is 2.30. The average molecular weight is 248 g/mol. The maximum atomic E-state index is 10.4. The number of rotatable bonds is 5. The average Bonchev–Trinajstić information content (AvgIpc) is 2.40. The zero-order valence-electron chi connectivity index (χ0n) is 11.2. The van der Waals surface area contributed by atoms with Gasteiger partial charge in [-0.3, -0.25) is 4.98 Å². The molecule has 1 aliphatic carbocycles. The van der Waals surface area contributed by atoms with Crippen molar-refractivity contribution in [2.75, 3.05) is 13.1 Å². The van der Waals surface area contributed by atoms with E-state index in [2.05, 4.69) is 17.2 Å². The summed E-state index contributed by atoms with van der Waals surface area (Å²) in [6, 6.07) is 4.08. The third-order valence-corrected chi connectivity index (χ3v) is 4.00. The summed E-state index contributed by atoms with van der Waals surface area (Å²) < 4.78 is 0. The van der Waals surface area contributed by atoms with E-state index in [9.17, 15) is 5.11 Å². The molecule has 0 spiro atoms. The lowest BCUT2D eigenvalue weighted by Crippen LogP contribution is -2.43. The van der Waals surface area contributed by atoms with Gasteiger partial charge in [0.2, 0.25) is 0 Å². The molecule has 0 unspecified atom stereocenters. The Labute approximate surface area is 110 Å². The minimum absolute atomic E-state index is 0.468. The predicted molar refractivity (Wildman–Crippen MR) is 73.4 cm³/mol. The molecular weight excluding hydrogens is 224 g/mol. The number of aromatic nitrogens is 1. The maximum Gasteiger partial charge on any atom is 0.0771 e. The Balaban J connectivity index is 1.66. The number of pyridine rings is 1. The summed E-state index contributed by atoms with van der Waals surface area (Å²) in [5.74, 6) is 0.780. The van der Waals surface area contributed by atoms with Gasteiger partial charge in [0.15, 0.2) is 0 Å². The van der Waals surface area contributed by atoms with Crippen LogP contribution in [0.4, 0.5) is 0 Å². The van der Waals surface area contributed by atoms with E-state index in [1.165, 1.54) is 5.56 Å². The largest absolute Gasteiger partial charge is 0.389 e. The Hall–Kier alpha value is -0.930. The van der Waals surface area contributed by atoms with E-state index in [0.29, 0.717) is 0 Å². The Morgan fingerprint density at radius 3 is 2.67 bits per heavy atom. The smallest absolute Gasteiger partial charge is 0.0771 e. The fourth-order valence-electron chi connectivity index (χ4n) is 2.58. The van der Waals surface area contributed by atoms with Crippen LogP contribution >= 0.6 is 0 Å². The SMILES string of the molecule is CC1CCC(O)(CNCCc2ccncc2)CC1. The Kier molecular flexibility index (Phi) is 4.72. The van der Waals surface area contributed by atoms with Crippen molar-refractivity contribution in [2.45, 2.75) is 44.6 Å². The first-order valence-corrected chi connectivity index (χ1v) is 7.00. The summed E-state index contributed by atoms with van der Waals surface area (Å²) in [6.45, 7) is 3.92. The molecule has 2 N–H and O–H groups in total. The topological polar surface area (TPSA) is 45.1 Å². The van der Waals surface area contributed by atoms with Gasteiger partial charge in [0.25, 0.3) is 0 Å². The quantitative estimate of drug-likeness (QED) is 0.785. The van der Waals surface area contributed by atoms with Gasteiger partial charge in [0.1, 0.15) is 0 Å². The van der Waals surface area contributed by atoms with Crippen LogP contribution in [-0.2, 0) is 6.42 Å². The molecule has 0 aromatic carbocycles. The number of aliphatic hydroxyl groups is 1. The number of hydrogen-bond donors (Lipinski definition) is 2. The molecule has 1 aliphatic rings. The van der Waals surface area contributed by atoms with Gasteiger partial charge in [-0.1, -0.05) is 6.92 Å². The Morgan fingerprint density at radius 1 is 1.33 bits per heavy atom. The van der Waals surface area contributed by atoms with E-state index in [0.717, 1.165) is 51.1 Å². The number of hydrogen-bond acceptors (Lipinski definition) is 3. The molecule has 1 fully saturated rings. The second-order valence-electron chi connectivity index (χ2n) is 5.69. The maximum absolute atomic E-state index is 10.4. The van der Waals surface area contributed by atoms with Crippen molar-refractivity contribution in [1.29, 1.82) is 0 Å². The van der Waals surface area contributed by atoms with Crippen molar-refractivity contribution in [1.82, 2.24) is 10.3 Å². The fourth-order valence-corrected chi connectivity index (χ4v) is 2.58. The van der Waals surface area contributed by atoms with Gasteiger partial charge in [-0.05, 0) is 62.3 Å². The third kappa shape index (κ3) is 4.07. The first-order valence-electron chi connectivity index (χ1n) is 7.00. The molecule has 3 nitrogen and oxygen atoms in total. The van der Waals surface area contributed by atoms with Gasteiger partial charge in [0, 0.05) is 18.9 Å². The zero-order chi connectivity index (χ0) is 12.8. The van der Waals surface area contributed by atoms with Crippen LogP contribution in [0.3, 0.4) is 0 Å². The van der Waals surface area contributed by atoms with Crippen LogP contribution in [0.2, 0.25) is 0 Å². The van der Waals surface area contributed by atoms with E-state index < -0.39 is 5.60 Å². The van der Waals surface area contributed by atoms with Crippen LogP contribution in [-0.4, -0.2) is 28.8 Å². The van der Waals surface area contributed by atoms with Gasteiger partial charge in [-0.2, -0.15) is 0 Å². The van der Waals surface area contributed by atoms with Crippen LogP contribution in [0.5, 0.6) is 0 Å². The van der Waals surface area contributed by atoms with Gasteiger partial charge in [-0.25, -0.2) is 0 Å². The van der Waals surface area contributed by atoms with Gasteiger partial charge < -0.3 is 10.4 Å². The highest BCUT2D eigenvalue weighted by Crippen LogP contribution is 2.31. The van der Waals surface area contributed by atoms with E-state index in [1.54, 1.807) is 0 Å². The van der Waals surface area contributed by atoms with Gasteiger partial charge >= 0.3 is 0 Å². The van der Waals surface area contributed by atoms with Crippen molar-refractivity contribution in [3.8, 4) is 0 Å². The summed E-state index contributed by atoms with van der Waals surface area (Å²) in [7, 11) is 0. The van der Waals surface area contributed by atoms with Gasteiger partial charge in [0.05, 0.1) is 5.60 Å². The normalized spacial score (nSPS) is 28.2. The summed E-state index contributed by atoms with van der Waals surface area (Å²) in [5.41, 5.74) is 0.826. The second-order valence-corrected chi connectivity index (χ2v) is 5.69. The number of nitrogens with one attached hydrogen (secondary N) is 1.